The molecule has 1 N–H and O–H groups in total. The van der Waals surface area contributed by atoms with Gasteiger partial charge in [0.2, 0.25) is 5.95 Å². The van der Waals surface area contributed by atoms with Gasteiger partial charge >= 0.3 is 0 Å². The van der Waals surface area contributed by atoms with E-state index in [-0.39, 0.29) is 28.5 Å². The zero-order valence-electron chi connectivity index (χ0n) is 25.7. The van der Waals surface area contributed by atoms with Crippen LogP contribution in [0.3, 0.4) is 0 Å². The maximum absolute atomic E-state index is 13.5. The summed E-state index contributed by atoms with van der Waals surface area (Å²) in [6.07, 6.45) is 10.1. The lowest BCUT2D eigenvalue weighted by Crippen LogP contribution is -2.61. The molecular weight excluding hydrogens is 528 g/mol. The smallest absolute Gasteiger partial charge is 0.263 e. The predicted molar refractivity (Wildman–Crippen MR) is 167 cm³/mol. The lowest BCUT2D eigenvalue weighted by Gasteiger charge is -2.51. The molecule has 1 saturated carbocycles. The van der Waals surface area contributed by atoms with Crippen LogP contribution >= 0.6 is 0 Å². The van der Waals surface area contributed by atoms with Gasteiger partial charge in [-0.3, -0.25) is 19.1 Å². The van der Waals surface area contributed by atoms with Gasteiger partial charge in [-0.2, -0.15) is 4.98 Å². The number of likely N-dealkylation sites (tertiary alicyclic amines) is 1. The summed E-state index contributed by atoms with van der Waals surface area (Å²) in [5.74, 6) is 0.816. The maximum Gasteiger partial charge on any atom is 0.263 e. The van der Waals surface area contributed by atoms with E-state index in [1.54, 1.807) is 10.8 Å². The molecule has 0 amide bonds. The first kappa shape index (κ1) is 28.7. The molecule has 0 bridgehead atoms. The van der Waals surface area contributed by atoms with Gasteiger partial charge in [0.05, 0.1) is 17.4 Å². The first-order valence-electron chi connectivity index (χ1n) is 15.5. The molecule has 2 aliphatic heterocycles. The van der Waals surface area contributed by atoms with Crippen LogP contribution in [-0.4, -0.2) is 86.5 Å². The van der Waals surface area contributed by atoms with Crippen LogP contribution in [0.4, 0.5) is 17.5 Å². The summed E-state index contributed by atoms with van der Waals surface area (Å²) < 4.78 is 1.74. The van der Waals surface area contributed by atoms with E-state index in [0.29, 0.717) is 29.0 Å². The van der Waals surface area contributed by atoms with Crippen LogP contribution < -0.4 is 15.8 Å². The summed E-state index contributed by atoms with van der Waals surface area (Å²) in [7, 11) is 2.22. The van der Waals surface area contributed by atoms with E-state index in [9.17, 15) is 9.59 Å². The topological polar surface area (TPSA) is 99.5 Å². The Morgan fingerprint density at radius 1 is 1.05 bits per heavy atom. The molecular formula is C32H44N8O2. The molecule has 10 nitrogen and oxygen atoms in total. The number of pyridine rings is 2. The number of nitrogens with zero attached hydrogens (tertiary/aromatic N) is 7. The van der Waals surface area contributed by atoms with E-state index in [4.69, 9.17) is 9.97 Å². The number of piperazine rings is 1. The van der Waals surface area contributed by atoms with Gasteiger partial charge in [0, 0.05) is 48.8 Å². The molecule has 10 heteroatoms. The molecule has 3 aromatic heterocycles. The molecule has 0 spiro atoms. The highest BCUT2D eigenvalue weighted by molar-refractivity contribution is 5.99. The molecule has 5 heterocycles. The minimum Gasteiger partial charge on any atom is -0.365 e. The third-order valence-electron chi connectivity index (χ3n) is 10.0. The van der Waals surface area contributed by atoms with Crippen LogP contribution in [0.15, 0.2) is 29.3 Å². The van der Waals surface area contributed by atoms with Crippen LogP contribution in [0.5, 0.6) is 0 Å². The van der Waals surface area contributed by atoms with Gasteiger partial charge in [0.1, 0.15) is 11.5 Å². The number of nitrogens with one attached hydrogen (secondary N) is 1. The van der Waals surface area contributed by atoms with Crippen molar-refractivity contribution in [2.75, 3.05) is 50.0 Å². The molecule has 3 fully saturated rings. The summed E-state index contributed by atoms with van der Waals surface area (Å²) in [6.45, 7) is 13.4. The van der Waals surface area contributed by atoms with Crippen LogP contribution in [-0.2, 0) is 0 Å². The zero-order valence-corrected chi connectivity index (χ0v) is 25.7. The fraction of sp³-hybridized carbons (Fsp3) is 0.594. The Kier molecular flexibility index (Phi) is 7.78. The number of carbonyl (C=O) groups is 1. The fourth-order valence-electron chi connectivity index (χ4n) is 7.30. The summed E-state index contributed by atoms with van der Waals surface area (Å²) in [4.78, 5) is 47.5. The van der Waals surface area contributed by atoms with Crippen molar-refractivity contribution in [3.63, 3.8) is 0 Å². The lowest BCUT2D eigenvalue weighted by molar-refractivity contribution is 0.0290. The Morgan fingerprint density at radius 2 is 1.79 bits per heavy atom. The molecule has 1 atom stereocenters. The summed E-state index contributed by atoms with van der Waals surface area (Å²) in [6, 6.07) is 4.52. The molecule has 0 radical (unpaired) electrons. The molecule has 2 saturated heterocycles. The van der Waals surface area contributed by atoms with Crippen molar-refractivity contribution in [3.8, 4) is 0 Å². The standard InChI is InChI=1S/C32H44N8O2/c1-21-20-38(32(4)12-14-37(5)15-13-32)16-17-39(21)25-10-11-27(33-18-25)35-31-34-19-26-22(2)28(23(3)41)30(42)40(29(26)36-31)24-8-6-7-9-24/h10-11,18-19,21,24H,6-9,12-17,20H2,1-5H3,(H,33,34,35,36)/t21-/m0/s1. The van der Waals surface area contributed by atoms with Crippen molar-refractivity contribution >= 4 is 34.3 Å². The number of hydrogen-bond acceptors (Lipinski definition) is 9. The maximum atomic E-state index is 13.5. The number of piperidine rings is 1. The van der Waals surface area contributed by atoms with Crippen LogP contribution in [0, 0.1) is 6.92 Å². The third kappa shape index (κ3) is 5.30. The van der Waals surface area contributed by atoms with E-state index in [1.165, 1.54) is 32.9 Å². The van der Waals surface area contributed by atoms with E-state index in [0.717, 1.165) is 56.4 Å². The van der Waals surface area contributed by atoms with E-state index in [2.05, 4.69) is 52.0 Å². The Hall–Kier alpha value is -3.37. The third-order valence-corrected chi connectivity index (χ3v) is 10.0. The van der Waals surface area contributed by atoms with Crippen LogP contribution in [0.1, 0.15) is 81.3 Å². The number of aryl methyl sites for hydroxylation is 1. The molecule has 3 aromatic rings. The molecule has 0 unspecified atom stereocenters. The number of anilines is 3. The monoisotopic (exact) mass is 572 g/mol. The van der Waals surface area contributed by atoms with Gasteiger partial charge in [0.25, 0.3) is 5.56 Å². The Bertz CT molecular complexity index is 1520. The largest absolute Gasteiger partial charge is 0.365 e. The number of carbonyl (C=O) groups excluding carboxylic acids is 1. The van der Waals surface area contributed by atoms with Gasteiger partial charge in [0.15, 0.2) is 5.78 Å². The molecule has 224 valence electrons. The molecule has 3 aliphatic rings. The quantitative estimate of drug-likeness (QED) is 0.427. The van der Waals surface area contributed by atoms with Crippen molar-refractivity contribution in [2.45, 2.75) is 83.8 Å². The van der Waals surface area contributed by atoms with E-state index >= 15 is 0 Å². The van der Waals surface area contributed by atoms with E-state index in [1.807, 2.05) is 19.2 Å². The highest BCUT2D eigenvalue weighted by Gasteiger charge is 2.38. The second-order valence-electron chi connectivity index (χ2n) is 12.9. The second kappa shape index (κ2) is 11.4. The predicted octanol–water partition coefficient (Wildman–Crippen LogP) is 4.55. The van der Waals surface area contributed by atoms with Gasteiger partial charge in [-0.25, -0.2) is 9.97 Å². The Balaban J connectivity index is 1.20. The number of Topliss-reactive ketones (excluding diaryl/α,β-unsaturated/α-hetero) is 1. The Morgan fingerprint density at radius 3 is 2.43 bits per heavy atom. The van der Waals surface area contributed by atoms with Gasteiger partial charge in [-0.1, -0.05) is 12.8 Å². The van der Waals surface area contributed by atoms with Crippen molar-refractivity contribution in [1.82, 2.24) is 29.3 Å². The van der Waals surface area contributed by atoms with E-state index < -0.39 is 0 Å². The molecule has 0 aromatic carbocycles. The first-order chi connectivity index (χ1) is 20.1. The number of fused-ring (bicyclic) bond motifs is 1. The first-order valence-corrected chi connectivity index (χ1v) is 15.5. The average molecular weight is 573 g/mol. The fourth-order valence-corrected chi connectivity index (χ4v) is 7.30. The van der Waals surface area contributed by atoms with Gasteiger partial charge in [-0.05, 0) is 91.2 Å². The highest BCUT2D eigenvalue weighted by Crippen LogP contribution is 2.33. The van der Waals surface area contributed by atoms with Gasteiger partial charge in [-0.15, -0.1) is 0 Å². The zero-order chi connectivity index (χ0) is 29.6. The van der Waals surface area contributed by atoms with Crippen molar-refractivity contribution < 1.29 is 4.79 Å². The van der Waals surface area contributed by atoms with Crippen LogP contribution in [0.25, 0.3) is 11.0 Å². The highest BCUT2D eigenvalue weighted by atomic mass is 16.1. The summed E-state index contributed by atoms with van der Waals surface area (Å²) in [5, 5.41) is 3.98. The SMILES string of the molecule is CC(=O)c1c(C)c2cnc(Nc3ccc(N4CCN(C5(C)CCN(C)CC5)C[C@@H]4C)cn3)nc2n(C2CCCC2)c1=O. The second-order valence-corrected chi connectivity index (χ2v) is 12.9. The minimum absolute atomic E-state index is 0.0448. The van der Waals surface area contributed by atoms with Crippen molar-refractivity contribution in [3.05, 3.63) is 46.0 Å². The number of rotatable bonds is 6. The minimum atomic E-state index is -0.245. The van der Waals surface area contributed by atoms with Gasteiger partial charge < -0.3 is 15.1 Å². The number of ketones is 1. The number of hydrogen-bond donors (Lipinski definition) is 1. The molecule has 6 rings (SSSR count). The summed E-state index contributed by atoms with van der Waals surface area (Å²) >= 11 is 0. The Labute approximate surface area is 248 Å². The molecule has 42 heavy (non-hydrogen) atoms. The molecule has 1 aliphatic carbocycles. The normalized spacial score (nSPS) is 22.1. The lowest BCUT2D eigenvalue weighted by atomic mass is 9.86. The van der Waals surface area contributed by atoms with Crippen molar-refractivity contribution in [1.29, 1.82) is 0 Å². The average Bonchev–Trinajstić information content (AvgIpc) is 3.49. The van der Waals surface area contributed by atoms with Crippen molar-refractivity contribution in [2.24, 2.45) is 0 Å². The van der Waals surface area contributed by atoms with Crippen LogP contribution in [0.2, 0.25) is 0 Å². The number of aromatic nitrogens is 4. The summed E-state index contributed by atoms with van der Waals surface area (Å²) in [5.41, 5.74) is 2.62.